The van der Waals surface area contributed by atoms with Gasteiger partial charge in [-0.1, -0.05) is 0 Å². The lowest BCUT2D eigenvalue weighted by Crippen LogP contribution is -1.86. The standard InChI is InChI=1S/C6H7N2OP/c9-4-5-1-2-6(8-10)7-3-5/h1-4H,10H2,(H,7,8). The van der Waals surface area contributed by atoms with Crippen LogP contribution in [0.15, 0.2) is 18.3 Å². The number of hydrogen-bond acceptors (Lipinski definition) is 3. The number of hydrogen-bond donors (Lipinski definition) is 1. The van der Waals surface area contributed by atoms with Crippen LogP contribution in [-0.2, 0) is 0 Å². The molecule has 0 saturated carbocycles. The van der Waals surface area contributed by atoms with Crippen LogP contribution < -0.4 is 5.09 Å². The van der Waals surface area contributed by atoms with Gasteiger partial charge in [0.1, 0.15) is 5.82 Å². The average Bonchev–Trinajstić information content (AvgIpc) is 2.05. The van der Waals surface area contributed by atoms with Gasteiger partial charge in [-0.15, -0.1) is 0 Å². The Balaban J connectivity index is 2.90. The molecular formula is C6H7N2OP. The van der Waals surface area contributed by atoms with Crippen LogP contribution in [0.1, 0.15) is 10.4 Å². The van der Waals surface area contributed by atoms with Crippen molar-refractivity contribution in [1.82, 2.24) is 4.98 Å². The Morgan fingerprint density at radius 1 is 1.60 bits per heavy atom. The third-order valence-electron chi connectivity index (χ3n) is 1.07. The van der Waals surface area contributed by atoms with Crippen LogP contribution in [-0.4, -0.2) is 11.3 Å². The zero-order chi connectivity index (χ0) is 7.40. The lowest BCUT2D eigenvalue weighted by Gasteiger charge is -1.95. The molecule has 0 fully saturated rings. The third kappa shape index (κ3) is 1.52. The molecule has 1 atom stereocenters. The number of anilines is 1. The Bertz CT molecular complexity index is 222. The van der Waals surface area contributed by atoms with Crippen LogP contribution in [0.3, 0.4) is 0 Å². The molecule has 0 aromatic carbocycles. The summed E-state index contributed by atoms with van der Waals surface area (Å²) in [6, 6.07) is 3.43. The summed E-state index contributed by atoms with van der Waals surface area (Å²) in [7, 11) is 2.32. The molecule has 0 spiro atoms. The third-order valence-corrected chi connectivity index (χ3v) is 1.37. The minimum Gasteiger partial charge on any atom is -0.355 e. The first-order chi connectivity index (χ1) is 4.86. The molecule has 0 bridgehead atoms. The Kier molecular flexibility index (Phi) is 2.35. The second-order valence-electron chi connectivity index (χ2n) is 1.74. The number of pyridine rings is 1. The van der Waals surface area contributed by atoms with Gasteiger partial charge in [-0.3, -0.25) is 4.79 Å². The van der Waals surface area contributed by atoms with Gasteiger partial charge < -0.3 is 5.09 Å². The van der Waals surface area contributed by atoms with E-state index >= 15 is 0 Å². The van der Waals surface area contributed by atoms with Crippen molar-refractivity contribution in [3.8, 4) is 0 Å². The molecular weight excluding hydrogens is 147 g/mol. The Hall–Kier alpha value is -0.950. The maximum absolute atomic E-state index is 10.1. The molecule has 1 heterocycles. The predicted octanol–water partition coefficient (Wildman–Crippen LogP) is 1.10. The normalized spacial score (nSPS) is 8.90. The van der Waals surface area contributed by atoms with Crippen LogP contribution in [0.5, 0.6) is 0 Å². The molecule has 1 unspecified atom stereocenters. The summed E-state index contributed by atoms with van der Waals surface area (Å²) < 4.78 is 0. The molecule has 4 heteroatoms. The lowest BCUT2D eigenvalue weighted by molar-refractivity contribution is 0.112. The van der Waals surface area contributed by atoms with Crippen LogP contribution >= 0.6 is 9.39 Å². The minimum absolute atomic E-state index is 0.587. The molecule has 0 saturated heterocycles. The van der Waals surface area contributed by atoms with Crippen LogP contribution in [0.2, 0.25) is 0 Å². The van der Waals surface area contributed by atoms with Gasteiger partial charge in [-0.2, -0.15) is 0 Å². The maximum Gasteiger partial charge on any atom is 0.151 e. The predicted molar refractivity (Wildman–Crippen MR) is 43.0 cm³/mol. The molecule has 0 amide bonds. The van der Waals surface area contributed by atoms with E-state index in [-0.39, 0.29) is 0 Å². The number of aromatic nitrogens is 1. The average molecular weight is 154 g/mol. The molecule has 0 aliphatic heterocycles. The van der Waals surface area contributed by atoms with Gasteiger partial charge >= 0.3 is 0 Å². The molecule has 0 radical (unpaired) electrons. The molecule has 3 nitrogen and oxygen atoms in total. The van der Waals surface area contributed by atoms with Crippen molar-refractivity contribution in [3.05, 3.63) is 23.9 Å². The highest BCUT2D eigenvalue weighted by Crippen LogP contribution is 2.04. The van der Waals surface area contributed by atoms with Crippen LogP contribution in [0.25, 0.3) is 0 Å². The number of rotatable bonds is 2. The molecule has 10 heavy (non-hydrogen) atoms. The van der Waals surface area contributed by atoms with Crippen molar-refractivity contribution < 1.29 is 4.79 Å². The van der Waals surface area contributed by atoms with Gasteiger partial charge in [-0.05, 0) is 21.5 Å². The first-order valence-electron chi connectivity index (χ1n) is 2.74. The van der Waals surface area contributed by atoms with Crippen molar-refractivity contribution in [3.63, 3.8) is 0 Å². The van der Waals surface area contributed by atoms with Gasteiger partial charge in [0.25, 0.3) is 0 Å². The molecule has 1 N–H and O–H groups in total. The highest BCUT2D eigenvalue weighted by atomic mass is 31.0. The monoisotopic (exact) mass is 154 g/mol. The Morgan fingerprint density at radius 2 is 2.40 bits per heavy atom. The number of nitrogens with one attached hydrogen (secondary N) is 1. The maximum atomic E-state index is 10.1. The molecule has 1 rings (SSSR count). The fraction of sp³-hybridized carbons (Fsp3) is 0. The fourth-order valence-corrected chi connectivity index (χ4v) is 0.731. The number of nitrogens with zero attached hydrogens (tertiary/aromatic N) is 1. The lowest BCUT2D eigenvalue weighted by atomic mass is 10.3. The van der Waals surface area contributed by atoms with Gasteiger partial charge in [-0.25, -0.2) is 4.98 Å². The first-order valence-corrected chi connectivity index (χ1v) is 3.32. The molecule has 1 aromatic rings. The molecule has 0 aliphatic carbocycles. The van der Waals surface area contributed by atoms with Crippen molar-refractivity contribution in [2.45, 2.75) is 0 Å². The quantitative estimate of drug-likeness (QED) is 0.512. The van der Waals surface area contributed by atoms with E-state index in [0.717, 1.165) is 12.1 Å². The number of carbonyl (C=O) groups excluding carboxylic acids is 1. The molecule has 52 valence electrons. The zero-order valence-corrected chi connectivity index (χ0v) is 6.40. The Labute approximate surface area is 61.1 Å². The minimum atomic E-state index is 0.587. The van der Waals surface area contributed by atoms with E-state index in [2.05, 4.69) is 19.5 Å². The van der Waals surface area contributed by atoms with Gasteiger partial charge in [0.05, 0.1) is 0 Å². The summed E-state index contributed by atoms with van der Waals surface area (Å²) >= 11 is 0. The molecule has 1 aromatic heterocycles. The first kappa shape index (κ1) is 7.16. The van der Waals surface area contributed by atoms with Crippen molar-refractivity contribution in [2.75, 3.05) is 5.09 Å². The van der Waals surface area contributed by atoms with E-state index in [9.17, 15) is 4.79 Å². The summed E-state index contributed by atoms with van der Waals surface area (Å²) in [5.74, 6) is 0.732. The van der Waals surface area contributed by atoms with Crippen molar-refractivity contribution in [2.24, 2.45) is 0 Å². The smallest absolute Gasteiger partial charge is 0.151 e. The van der Waals surface area contributed by atoms with E-state index in [4.69, 9.17) is 0 Å². The van der Waals surface area contributed by atoms with E-state index in [0.29, 0.717) is 5.56 Å². The van der Waals surface area contributed by atoms with Gasteiger partial charge in [0.2, 0.25) is 0 Å². The highest BCUT2D eigenvalue weighted by Gasteiger charge is 1.89. The summed E-state index contributed by atoms with van der Waals surface area (Å²) in [5.41, 5.74) is 0.587. The molecule has 0 aliphatic rings. The van der Waals surface area contributed by atoms with E-state index < -0.39 is 0 Å². The van der Waals surface area contributed by atoms with Gasteiger partial charge in [0.15, 0.2) is 6.29 Å². The van der Waals surface area contributed by atoms with Crippen molar-refractivity contribution >= 4 is 21.5 Å². The van der Waals surface area contributed by atoms with Crippen LogP contribution in [0, 0.1) is 0 Å². The SMILES string of the molecule is O=Cc1ccc(NP)nc1. The van der Waals surface area contributed by atoms with Crippen LogP contribution in [0.4, 0.5) is 5.82 Å². The Morgan fingerprint density at radius 3 is 2.80 bits per heavy atom. The zero-order valence-electron chi connectivity index (χ0n) is 5.24. The highest BCUT2D eigenvalue weighted by molar-refractivity contribution is 7.18. The summed E-state index contributed by atoms with van der Waals surface area (Å²) in [4.78, 5) is 14.0. The number of carbonyl (C=O) groups is 1. The van der Waals surface area contributed by atoms with E-state index in [1.54, 1.807) is 12.1 Å². The fourth-order valence-electron chi connectivity index (χ4n) is 0.560. The van der Waals surface area contributed by atoms with E-state index in [1.807, 2.05) is 0 Å². The summed E-state index contributed by atoms with van der Waals surface area (Å²) in [5, 5.41) is 2.77. The topological polar surface area (TPSA) is 42.0 Å². The van der Waals surface area contributed by atoms with Gasteiger partial charge in [0, 0.05) is 11.8 Å². The van der Waals surface area contributed by atoms with E-state index in [1.165, 1.54) is 6.20 Å². The van der Waals surface area contributed by atoms with Crippen molar-refractivity contribution in [1.29, 1.82) is 0 Å². The summed E-state index contributed by atoms with van der Waals surface area (Å²) in [6.45, 7) is 0. The number of aldehydes is 1. The largest absolute Gasteiger partial charge is 0.355 e. The second-order valence-corrected chi connectivity index (χ2v) is 2.03. The summed E-state index contributed by atoms with van der Waals surface area (Å²) in [6.07, 6.45) is 2.28. The second kappa shape index (κ2) is 3.28.